The van der Waals surface area contributed by atoms with Crippen molar-refractivity contribution >= 4 is 11.6 Å². The summed E-state index contributed by atoms with van der Waals surface area (Å²) in [6, 6.07) is 4.94. The number of rotatable bonds is 3. The standard InChI is InChI=1S/C14H21N3O2/c1-16(2)9-11-4-3-7-17(11)14(19)10-5-6-12(15)13(18)8-10/h5-6,8,11,18H,3-4,7,9,15H2,1-2H3. The number of phenolic OH excluding ortho intramolecular Hbond substituents is 1. The molecule has 1 heterocycles. The molecule has 2 rings (SSSR count). The summed E-state index contributed by atoms with van der Waals surface area (Å²) in [4.78, 5) is 16.4. The van der Waals surface area contributed by atoms with E-state index >= 15 is 0 Å². The molecule has 1 saturated heterocycles. The van der Waals surface area contributed by atoms with Crippen molar-refractivity contribution in [2.45, 2.75) is 18.9 Å². The molecular weight excluding hydrogens is 242 g/mol. The molecule has 5 nitrogen and oxygen atoms in total. The first kappa shape index (κ1) is 13.7. The fourth-order valence-corrected chi connectivity index (χ4v) is 2.56. The monoisotopic (exact) mass is 263 g/mol. The molecule has 1 aromatic rings. The second kappa shape index (κ2) is 5.48. The van der Waals surface area contributed by atoms with Gasteiger partial charge in [0.15, 0.2) is 0 Å². The number of amides is 1. The van der Waals surface area contributed by atoms with Crippen molar-refractivity contribution in [1.82, 2.24) is 9.80 Å². The smallest absolute Gasteiger partial charge is 0.254 e. The number of benzene rings is 1. The van der Waals surface area contributed by atoms with Gasteiger partial charge in [-0.15, -0.1) is 0 Å². The summed E-state index contributed by atoms with van der Waals surface area (Å²) in [5, 5.41) is 9.60. The first-order valence-electron chi connectivity index (χ1n) is 6.53. The van der Waals surface area contributed by atoms with Gasteiger partial charge in [-0.05, 0) is 45.1 Å². The maximum Gasteiger partial charge on any atom is 0.254 e. The lowest BCUT2D eigenvalue weighted by molar-refractivity contribution is 0.0716. The molecule has 3 N–H and O–H groups in total. The zero-order valence-corrected chi connectivity index (χ0v) is 11.5. The highest BCUT2D eigenvalue weighted by Crippen LogP contribution is 2.25. The summed E-state index contributed by atoms with van der Waals surface area (Å²) in [5.41, 5.74) is 6.35. The van der Waals surface area contributed by atoms with Crippen molar-refractivity contribution in [2.24, 2.45) is 0 Å². The van der Waals surface area contributed by atoms with Gasteiger partial charge in [-0.3, -0.25) is 4.79 Å². The van der Waals surface area contributed by atoms with Crippen molar-refractivity contribution in [3.63, 3.8) is 0 Å². The second-order valence-corrected chi connectivity index (χ2v) is 5.33. The largest absolute Gasteiger partial charge is 0.506 e. The van der Waals surface area contributed by atoms with Crippen LogP contribution in [0.4, 0.5) is 5.69 Å². The Kier molecular flexibility index (Phi) is 3.95. The van der Waals surface area contributed by atoms with Crippen LogP contribution < -0.4 is 5.73 Å². The number of phenols is 1. The van der Waals surface area contributed by atoms with Crippen LogP contribution in [0.1, 0.15) is 23.2 Å². The molecule has 0 aromatic heterocycles. The normalized spacial score (nSPS) is 19.1. The molecule has 1 amide bonds. The van der Waals surface area contributed by atoms with Gasteiger partial charge in [-0.25, -0.2) is 0 Å². The highest BCUT2D eigenvalue weighted by molar-refractivity contribution is 5.95. The summed E-state index contributed by atoms with van der Waals surface area (Å²) in [7, 11) is 4.02. The molecule has 1 aliphatic rings. The highest BCUT2D eigenvalue weighted by atomic mass is 16.3. The molecule has 0 bridgehead atoms. The van der Waals surface area contributed by atoms with Crippen LogP contribution in [0.2, 0.25) is 0 Å². The highest BCUT2D eigenvalue weighted by Gasteiger charge is 2.29. The maximum absolute atomic E-state index is 12.5. The molecule has 0 aliphatic carbocycles. The zero-order valence-electron chi connectivity index (χ0n) is 11.5. The van der Waals surface area contributed by atoms with Crippen molar-refractivity contribution in [3.8, 4) is 5.75 Å². The molecule has 5 heteroatoms. The topological polar surface area (TPSA) is 69.8 Å². The number of likely N-dealkylation sites (N-methyl/N-ethyl adjacent to an activating group) is 1. The van der Waals surface area contributed by atoms with E-state index < -0.39 is 0 Å². The minimum Gasteiger partial charge on any atom is -0.506 e. The number of aromatic hydroxyl groups is 1. The van der Waals surface area contributed by atoms with Gasteiger partial charge in [-0.1, -0.05) is 0 Å². The minimum atomic E-state index is -0.0331. The molecule has 1 unspecified atom stereocenters. The number of anilines is 1. The lowest BCUT2D eigenvalue weighted by Crippen LogP contribution is -2.41. The summed E-state index contributed by atoms with van der Waals surface area (Å²) in [6.07, 6.45) is 2.07. The maximum atomic E-state index is 12.5. The molecule has 19 heavy (non-hydrogen) atoms. The number of hydrogen-bond donors (Lipinski definition) is 2. The van der Waals surface area contributed by atoms with Crippen molar-refractivity contribution < 1.29 is 9.90 Å². The Morgan fingerprint density at radius 1 is 1.53 bits per heavy atom. The van der Waals surface area contributed by atoms with Crippen LogP contribution in [0, 0.1) is 0 Å². The quantitative estimate of drug-likeness (QED) is 0.634. The number of nitrogens with two attached hydrogens (primary N) is 1. The predicted octanol–water partition coefficient (Wildman–Crippen LogP) is 1.14. The van der Waals surface area contributed by atoms with Gasteiger partial charge in [0.25, 0.3) is 5.91 Å². The fourth-order valence-electron chi connectivity index (χ4n) is 2.56. The van der Waals surface area contributed by atoms with Crippen LogP contribution in [0.3, 0.4) is 0 Å². The number of hydrogen-bond acceptors (Lipinski definition) is 4. The molecule has 1 aliphatic heterocycles. The van der Waals surface area contributed by atoms with E-state index in [2.05, 4.69) is 4.90 Å². The summed E-state index contributed by atoms with van der Waals surface area (Å²) in [5.74, 6) is -0.0612. The van der Waals surface area contributed by atoms with Crippen LogP contribution in [-0.4, -0.2) is 54.0 Å². The van der Waals surface area contributed by atoms with Crippen LogP contribution in [0.5, 0.6) is 5.75 Å². The predicted molar refractivity (Wildman–Crippen MR) is 75.1 cm³/mol. The SMILES string of the molecule is CN(C)CC1CCCN1C(=O)c1ccc(N)c(O)c1. The number of nitrogen functional groups attached to an aromatic ring is 1. The van der Waals surface area contributed by atoms with E-state index in [9.17, 15) is 9.90 Å². The lowest BCUT2D eigenvalue weighted by Gasteiger charge is -2.27. The molecule has 0 saturated carbocycles. The molecular formula is C14H21N3O2. The molecule has 104 valence electrons. The van der Waals surface area contributed by atoms with Crippen LogP contribution in [0.15, 0.2) is 18.2 Å². The van der Waals surface area contributed by atoms with E-state index in [-0.39, 0.29) is 17.7 Å². The zero-order chi connectivity index (χ0) is 14.0. The summed E-state index contributed by atoms with van der Waals surface area (Å²) < 4.78 is 0. The first-order valence-corrected chi connectivity index (χ1v) is 6.53. The third-order valence-electron chi connectivity index (χ3n) is 3.49. The van der Waals surface area contributed by atoms with E-state index in [0.717, 1.165) is 25.9 Å². The molecule has 1 atom stereocenters. The van der Waals surface area contributed by atoms with Gasteiger partial charge in [-0.2, -0.15) is 0 Å². The van der Waals surface area contributed by atoms with Crippen LogP contribution in [-0.2, 0) is 0 Å². The Morgan fingerprint density at radius 3 is 2.89 bits per heavy atom. The van der Waals surface area contributed by atoms with Gasteiger partial charge in [0.1, 0.15) is 5.75 Å². The van der Waals surface area contributed by atoms with Crippen molar-refractivity contribution in [3.05, 3.63) is 23.8 Å². The third kappa shape index (κ3) is 2.98. The fraction of sp³-hybridized carbons (Fsp3) is 0.500. The Labute approximate surface area is 113 Å². The number of nitrogens with zero attached hydrogens (tertiary/aromatic N) is 2. The van der Waals surface area contributed by atoms with E-state index in [0.29, 0.717) is 11.3 Å². The Bertz CT molecular complexity index is 474. The van der Waals surface area contributed by atoms with Crippen LogP contribution >= 0.6 is 0 Å². The average molecular weight is 263 g/mol. The van der Waals surface area contributed by atoms with E-state index in [1.54, 1.807) is 12.1 Å². The van der Waals surface area contributed by atoms with E-state index in [4.69, 9.17) is 5.73 Å². The Hall–Kier alpha value is -1.75. The Balaban J connectivity index is 2.16. The van der Waals surface area contributed by atoms with Crippen molar-refractivity contribution in [2.75, 3.05) is 32.9 Å². The van der Waals surface area contributed by atoms with Gasteiger partial charge >= 0.3 is 0 Å². The second-order valence-electron chi connectivity index (χ2n) is 5.33. The summed E-state index contributed by atoms with van der Waals surface area (Å²) >= 11 is 0. The van der Waals surface area contributed by atoms with E-state index in [1.807, 2.05) is 19.0 Å². The molecule has 1 aromatic carbocycles. The molecule has 0 spiro atoms. The number of carbonyl (C=O) groups is 1. The van der Waals surface area contributed by atoms with Crippen molar-refractivity contribution in [1.29, 1.82) is 0 Å². The van der Waals surface area contributed by atoms with Gasteiger partial charge in [0, 0.05) is 24.7 Å². The van der Waals surface area contributed by atoms with Crippen LogP contribution in [0.25, 0.3) is 0 Å². The molecule has 1 fully saturated rings. The Morgan fingerprint density at radius 2 is 2.26 bits per heavy atom. The van der Waals surface area contributed by atoms with Gasteiger partial charge < -0.3 is 20.6 Å². The average Bonchev–Trinajstić information content (AvgIpc) is 2.79. The first-order chi connectivity index (χ1) is 8.99. The molecule has 0 radical (unpaired) electrons. The van der Waals surface area contributed by atoms with E-state index in [1.165, 1.54) is 6.07 Å². The number of carbonyl (C=O) groups excluding carboxylic acids is 1. The third-order valence-corrected chi connectivity index (χ3v) is 3.49. The lowest BCUT2D eigenvalue weighted by atomic mass is 10.1. The van der Waals surface area contributed by atoms with Gasteiger partial charge in [0.05, 0.1) is 5.69 Å². The van der Waals surface area contributed by atoms with Gasteiger partial charge in [0.2, 0.25) is 0 Å². The minimum absolute atomic E-state index is 0.0281. The summed E-state index contributed by atoms with van der Waals surface area (Å²) in [6.45, 7) is 1.65. The number of likely N-dealkylation sites (tertiary alicyclic amines) is 1.